The summed E-state index contributed by atoms with van der Waals surface area (Å²) in [6.07, 6.45) is 5.31. The van der Waals surface area contributed by atoms with Gasteiger partial charge in [-0.15, -0.1) is 12.6 Å². The smallest absolute Gasteiger partial charge is 0.144 e. The number of nitrogens with one attached hydrogen (secondary N) is 1. The molecule has 3 unspecified atom stereocenters. The third kappa shape index (κ3) is 2.74. The molecule has 3 atom stereocenters. The van der Waals surface area contributed by atoms with Gasteiger partial charge < -0.3 is 5.32 Å². The fraction of sp³-hybridized carbons (Fsp3) is 0.308. The van der Waals surface area contributed by atoms with E-state index in [-0.39, 0.29) is 17.3 Å². The number of thiol groups is 1. The minimum atomic E-state index is -0.247. The molecule has 0 radical (unpaired) electrons. The highest BCUT2D eigenvalue weighted by Crippen LogP contribution is 2.56. The summed E-state index contributed by atoms with van der Waals surface area (Å²) in [7, 11) is 0. The molecule has 1 saturated carbocycles. The number of benzene rings is 3. The number of hydrogen-bond donors (Lipinski definition) is 2. The molecular weight excluding hydrogens is 377 g/mol. The van der Waals surface area contributed by atoms with Crippen LogP contribution in [-0.2, 0) is 5.41 Å². The molecule has 2 aliphatic rings. The Bertz CT molecular complexity index is 1200. The van der Waals surface area contributed by atoms with E-state index in [1.807, 2.05) is 18.3 Å². The van der Waals surface area contributed by atoms with Crippen LogP contribution in [0.3, 0.4) is 0 Å². The Kier molecular flexibility index (Phi) is 4.12. The second-order valence-electron chi connectivity index (χ2n) is 9.06. The molecule has 1 fully saturated rings. The van der Waals surface area contributed by atoms with Gasteiger partial charge in [-0.2, -0.15) is 0 Å². The fourth-order valence-electron chi connectivity index (χ4n) is 5.34. The van der Waals surface area contributed by atoms with Gasteiger partial charge in [-0.05, 0) is 83.1 Å². The lowest BCUT2D eigenvalue weighted by molar-refractivity contribution is 0.615. The summed E-state index contributed by atoms with van der Waals surface area (Å²) in [6, 6.07) is 12.4. The number of halogens is 1. The van der Waals surface area contributed by atoms with E-state index in [4.69, 9.17) is 0 Å². The molecule has 1 aliphatic carbocycles. The Morgan fingerprint density at radius 2 is 1.79 bits per heavy atom. The summed E-state index contributed by atoms with van der Waals surface area (Å²) in [5.41, 5.74) is 8.02. The average Bonchev–Trinajstić information content (AvgIpc) is 3.29. The molecular formula is C26H26FNS. The van der Waals surface area contributed by atoms with Crippen LogP contribution in [0.1, 0.15) is 59.7 Å². The topological polar surface area (TPSA) is 12.0 Å². The largest absolute Gasteiger partial charge is 0.380 e. The van der Waals surface area contributed by atoms with Gasteiger partial charge in [0, 0.05) is 10.3 Å². The average molecular weight is 404 g/mol. The van der Waals surface area contributed by atoms with E-state index < -0.39 is 0 Å². The van der Waals surface area contributed by atoms with Crippen molar-refractivity contribution in [1.29, 1.82) is 0 Å². The lowest BCUT2D eigenvalue weighted by Gasteiger charge is -2.30. The fourth-order valence-corrected chi connectivity index (χ4v) is 5.54. The van der Waals surface area contributed by atoms with E-state index in [0.717, 1.165) is 10.9 Å². The van der Waals surface area contributed by atoms with Crippen molar-refractivity contribution in [3.8, 4) is 0 Å². The standard InChI is InChI=1S/C26H26FNS/c1-14-11-15(2)23(26(4)13-16(26)3)21(12-14)25-20-6-5-19-17(18(20)9-10-28-25)7-8-22(29)24(19)27/h5-12,16,25,28-29H,13H2,1-4H3. The lowest BCUT2D eigenvalue weighted by Crippen LogP contribution is -2.25. The van der Waals surface area contributed by atoms with Gasteiger partial charge in [0.2, 0.25) is 0 Å². The van der Waals surface area contributed by atoms with Crippen molar-refractivity contribution >= 4 is 29.5 Å². The van der Waals surface area contributed by atoms with Crippen molar-refractivity contribution in [2.45, 2.75) is 50.5 Å². The number of rotatable bonds is 2. The number of hydrogen-bond acceptors (Lipinski definition) is 2. The summed E-state index contributed by atoms with van der Waals surface area (Å²) >= 11 is 4.25. The highest BCUT2D eigenvalue weighted by Gasteiger charge is 2.50. The van der Waals surface area contributed by atoms with Gasteiger partial charge in [0.25, 0.3) is 0 Å². The van der Waals surface area contributed by atoms with Gasteiger partial charge in [0.15, 0.2) is 0 Å². The first kappa shape index (κ1) is 18.7. The normalized spacial score (nSPS) is 25.0. The molecule has 0 saturated heterocycles. The lowest BCUT2D eigenvalue weighted by atomic mass is 9.80. The quantitative estimate of drug-likeness (QED) is 0.446. The molecule has 1 aliphatic heterocycles. The van der Waals surface area contributed by atoms with Crippen molar-refractivity contribution < 1.29 is 4.39 Å². The summed E-state index contributed by atoms with van der Waals surface area (Å²) < 4.78 is 14.6. The molecule has 1 N–H and O–H groups in total. The van der Waals surface area contributed by atoms with Crippen LogP contribution >= 0.6 is 12.6 Å². The Morgan fingerprint density at radius 1 is 1.07 bits per heavy atom. The van der Waals surface area contributed by atoms with Crippen molar-refractivity contribution in [1.82, 2.24) is 5.32 Å². The minimum absolute atomic E-state index is 0.0661. The van der Waals surface area contributed by atoms with Gasteiger partial charge in [-0.3, -0.25) is 0 Å². The zero-order valence-electron chi connectivity index (χ0n) is 17.3. The maximum atomic E-state index is 14.6. The molecule has 0 bridgehead atoms. The molecule has 148 valence electrons. The molecule has 3 heteroatoms. The van der Waals surface area contributed by atoms with Crippen LogP contribution in [0.15, 0.2) is 47.5 Å². The molecule has 3 aromatic carbocycles. The van der Waals surface area contributed by atoms with Crippen LogP contribution in [0.4, 0.5) is 4.39 Å². The molecule has 0 aromatic heterocycles. The zero-order valence-corrected chi connectivity index (χ0v) is 18.2. The molecule has 1 nitrogen and oxygen atoms in total. The SMILES string of the molecule is Cc1cc(C)c(C2(C)CC2C)c(C2NC=Cc3c2ccc2c(F)c(S)ccc32)c1. The van der Waals surface area contributed by atoms with Crippen LogP contribution in [0.5, 0.6) is 0 Å². The van der Waals surface area contributed by atoms with E-state index in [1.54, 1.807) is 6.07 Å². The van der Waals surface area contributed by atoms with E-state index >= 15 is 0 Å². The number of aryl methyl sites for hydroxylation is 2. The number of fused-ring (bicyclic) bond motifs is 3. The van der Waals surface area contributed by atoms with Crippen LogP contribution < -0.4 is 5.32 Å². The van der Waals surface area contributed by atoms with Gasteiger partial charge in [-0.1, -0.05) is 49.7 Å². The first-order valence-corrected chi connectivity index (χ1v) is 10.7. The summed E-state index contributed by atoms with van der Waals surface area (Å²) in [6.45, 7) is 9.15. The summed E-state index contributed by atoms with van der Waals surface area (Å²) in [5.74, 6) is 0.448. The Balaban J connectivity index is 1.75. The van der Waals surface area contributed by atoms with Crippen LogP contribution in [0, 0.1) is 25.6 Å². The van der Waals surface area contributed by atoms with E-state index in [2.05, 4.69) is 69.9 Å². The molecule has 0 spiro atoms. The van der Waals surface area contributed by atoms with Crippen molar-refractivity contribution in [2.75, 3.05) is 0 Å². The molecule has 0 amide bonds. The van der Waals surface area contributed by atoms with Crippen LogP contribution in [0.2, 0.25) is 0 Å². The molecule has 1 heterocycles. The van der Waals surface area contributed by atoms with Gasteiger partial charge in [0.1, 0.15) is 5.82 Å². The molecule has 3 aromatic rings. The van der Waals surface area contributed by atoms with E-state index in [9.17, 15) is 4.39 Å². The van der Waals surface area contributed by atoms with Gasteiger partial charge in [-0.25, -0.2) is 4.39 Å². The Morgan fingerprint density at radius 3 is 2.52 bits per heavy atom. The highest BCUT2D eigenvalue weighted by atomic mass is 32.1. The second kappa shape index (κ2) is 6.37. The highest BCUT2D eigenvalue weighted by molar-refractivity contribution is 7.80. The minimum Gasteiger partial charge on any atom is -0.380 e. The van der Waals surface area contributed by atoms with E-state index in [1.165, 1.54) is 34.2 Å². The summed E-state index contributed by atoms with van der Waals surface area (Å²) in [4.78, 5) is 0.388. The van der Waals surface area contributed by atoms with Crippen molar-refractivity contribution in [3.05, 3.63) is 81.8 Å². The van der Waals surface area contributed by atoms with Gasteiger partial charge >= 0.3 is 0 Å². The van der Waals surface area contributed by atoms with E-state index in [0.29, 0.717) is 16.2 Å². The summed E-state index contributed by atoms with van der Waals surface area (Å²) in [5, 5.41) is 5.17. The second-order valence-corrected chi connectivity index (χ2v) is 9.55. The van der Waals surface area contributed by atoms with Crippen molar-refractivity contribution in [2.24, 2.45) is 5.92 Å². The maximum absolute atomic E-state index is 14.6. The zero-order chi connectivity index (χ0) is 20.5. The molecule has 5 rings (SSSR count). The third-order valence-corrected chi connectivity index (χ3v) is 7.41. The monoisotopic (exact) mass is 403 g/mol. The Labute approximate surface area is 177 Å². The molecule has 29 heavy (non-hydrogen) atoms. The Hall–Kier alpha value is -2.26. The van der Waals surface area contributed by atoms with Crippen LogP contribution in [0.25, 0.3) is 16.8 Å². The van der Waals surface area contributed by atoms with Gasteiger partial charge in [0.05, 0.1) is 6.04 Å². The predicted molar refractivity (Wildman–Crippen MR) is 122 cm³/mol. The first-order valence-electron chi connectivity index (χ1n) is 10.3. The first-order chi connectivity index (χ1) is 13.8. The van der Waals surface area contributed by atoms with Crippen molar-refractivity contribution in [3.63, 3.8) is 0 Å². The third-order valence-electron chi connectivity index (χ3n) is 7.06. The van der Waals surface area contributed by atoms with Crippen LogP contribution in [-0.4, -0.2) is 0 Å². The predicted octanol–water partition coefficient (Wildman–Crippen LogP) is 6.85. The maximum Gasteiger partial charge on any atom is 0.144 e.